The average molecular weight is 420 g/mol. The highest BCUT2D eigenvalue weighted by Crippen LogP contribution is 2.33. The van der Waals surface area contributed by atoms with Gasteiger partial charge in [-0.2, -0.15) is 13.2 Å². The summed E-state index contributed by atoms with van der Waals surface area (Å²) in [4.78, 5) is 32.0. The molecule has 0 radical (unpaired) electrons. The van der Waals surface area contributed by atoms with Crippen molar-refractivity contribution in [2.45, 2.75) is 6.18 Å². The molecule has 3 rings (SSSR count). The number of pyridine rings is 1. The lowest BCUT2D eigenvalue weighted by atomic mass is 10.1. The summed E-state index contributed by atoms with van der Waals surface area (Å²) in [6, 6.07) is 8.03. The number of rotatable bonds is 6. The number of hydrogen-bond acceptors (Lipinski definition) is 5. The number of thiazole rings is 1. The van der Waals surface area contributed by atoms with Crippen LogP contribution in [0.25, 0.3) is 10.6 Å². The maximum atomic E-state index is 12.8. The first-order valence-electron chi connectivity index (χ1n) is 8.44. The van der Waals surface area contributed by atoms with E-state index in [-0.39, 0.29) is 30.3 Å². The third-order valence-corrected chi connectivity index (χ3v) is 4.68. The van der Waals surface area contributed by atoms with Crippen LogP contribution >= 0.6 is 11.3 Å². The van der Waals surface area contributed by atoms with Crippen LogP contribution < -0.4 is 10.6 Å². The highest BCUT2D eigenvalue weighted by atomic mass is 32.1. The molecule has 150 valence electrons. The monoisotopic (exact) mass is 420 g/mol. The van der Waals surface area contributed by atoms with E-state index in [2.05, 4.69) is 20.6 Å². The molecule has 6 nitrogen and oxygen atoms in total. The molecule has 0 unspecified atom stereocenters. The summed E-state index contributed by atoms with van der Waals surface area (Å²) < 4.78 is 38.5. The summed E-state index contributed by atoms with van der Waals surface area (Å²) in [6.07, 6.45) is -1.47. The molecule has 0 atom stereocenters. The van der Waals surface area contributed by atoms with Gasteiger partial charge in [-0.3, -0.25) is 14.6 Å². The zero-order chi connectivity index (χ0) is 20.9. The average Bonchev–Trinajstić information content (AvgIpc) is 3.21. The van der Waals surface area contributed by atoms with Crippen molar-refractivity contribution >= 4 is 23.2 Å². The van der Waals surface area contributed by atoms with Crippen molar-refractivity contribution in [3.8, 4) is 10.6 Å². The molecule has 0 saturated carbocycles. The molecule has 1 aromatic carbocycles. The Kier molecular flexibility index (Phi) is 6.23. The molecule has 0 aliphatic carbocycles. The predicted octanol–water partition coefficient (Wildman–Crippen LogP) is 3.38. The maximum absolute atomic E-state index is 12.8. The van der Waals surface area contributed by atoms with Crippen LogP contribution in [0.1, 0.15) is 26.4 Å². The van der Waals surface area contributed by atoms with Crippen molar-refractivity contribution in [3.63, 3.8) is 0 Å². The van der Waals surface area contributed by atoms with Crippen molar-refractivity contribution in [3.05, 3.63) is 71.0 Å². The molecule has 0 bridgehead atoms. The van der Waals surface area contributed by atoms with Gasteiger partial charge in [0.2, 0.25) is 0 Å². The van der Waals surface area contributed by atoms with Crippen LogP contribution in [0.15, 0.2) is 54.2 Å². The van der Waals surface area contributed by atoms with E-state index in [4.69, 9.17) is 0 Å². The largest absolute Gasteiger partial charge is 0.416 e. The minimum Gasteiger partial charge on any atom is -0.350 e. The Bertz CT molecular complexity index is 1010. The highest BCUT2D eigenvalue weighted by Gasteiger charge is 2.30. The number of halogens is 3. The Morgan fingerprint density at radius 3 is 2.48 bits per heavy atom. The summed E-state index contributed by atoms with van der Waals surface area (Å²) in [5.41, 5.74) is 0.0122. The van der Waals surface area contributed by atoms with Gasteiger partial charge in [-0.05, 0) is 24.3 Å². The lowest BCUT2D eigenvalue weighted by Crippen LogP contribution is -2.34. The number of nitrogens with zero attached hydrogens (tertiary/aromatic N) is 2. The lowest BCUT2D eigenvalue weighted by Gasteiger charge is -2.07. The van der Waals surface area contributed by atoms with Crippen LogP contribution in [0.5, 0.6) is 0 Å². The molecule has 2 heterocycles. The standard InChI is InChI=1S/C19H15F3N4O2S/c20-19(21,22)14-5-1-3-12(9-14)18-26-15(11-29-18)17(28)25-8-7-24-16(27)13-4-2-6-23-10-13/h1-6,9-11H,7-8H2,(H,24,27)(H,25,28). The van der Waals surface area contributed by atoms with Gasteiger partial charge in [-0.15, -0.1) is 11.3 Å². The van der Waals surface area contributed by atoms with Gasteiger partial charge in [0.1, 0.15) is 10.7 Å². The summed E-state index contributed by atoms with van der Waals surface area (Å²) in [5, 5.41) is 7.02. The number of carbonyl (C=O) groups excluding carboxylic acids is 2. The molecule has 0 fully saturated rings. The molecule has 3 aromatic rings. The number of amides is 2. The Labute approximate surface area is 167 Å². The van der Waals surface area contributed by atoms with E-state index in [0.717, 1.165) is 23.5 Å². The van der Waals surface area contributed by atoms with E-state index < -0.39 is 17.6 Å². The van der Waals surface area contributed by atoms with Crippen molar-refractivity contribution in [1.82, 2.24) is 20.6 Å². The van der Waals surface area contributed by atoms with Crippen LogP contribution in [0.2, 0.25) is 0 Å². The molecule has 10 heteroatoms. The minimum atomic E-state index is -4.45. The Morgan fingerprint density at radius 1 is 1.03 bits per heavy atom. The molecule has 2 aromatic heterocycles. The third kappa shape index (κ3) is 5.38. The van der Waals surface area contributed by atoms with Gasteiger partial charge in [0, 0.05) is 36.4 Å². The first kappa shape index (κ1) is 20.5. The first-order valence-corrected chi connectivity index (χ1v) is 9.32. The van der Waals surface area contributed by atoms with E-state index in [1.807, 2.05) is 0 Å². The molecule has 29 heavy (non-hydrogen) atoms. The van der Waals surface area contributed by atoms with Gasteiger partial charge in [-0.25, -0.2) is 4.98 Å². The second-order valence-corrected chi connectivity index (χ2v) is 6.73. The maximum Gasteiger partial charge on any atom is 0.416 e. The van der Waals surface area contributed by atoms with E-state index in [9.17, 15) is 22.8 Å². The van der Waals surface area contributed by atoms with Crippen LogP contribution in [-0.4, -0.2) is 34.9 Å². The fourth-order valence-corrected chi connectivity index (χ4v) is 3.18. The number of aromatic nitrogens is 2. The second-order valence-electron chi connectivity index (χ2n) is 5.87. The molecule has 0 spiro atoms. The van der Waals surface area contributed by atoms with Crippen LogP contribution in [0.4, 0.5) is 13.2 Å². The molecule has 2 N–H and O–H groups in total. The normalized spacial score (nSPS) is 11.1. The zero-order valence-electron chi connectivity index (χ0n) is 14.9. The molecule has 2 amide bonds. The van der Waals surface area contributed by atoms with Crippen molar-refractivity contribution in [2.24, 2.45) is 0 Å². The summed E-state index contributed by atoms with van der Waals surface area (Å²) in [6.45, 7) is 0.366. The zero-order valence-corrected chi connectivity index (χ0v) is 15.7. The molecule has 0 aliphatic rings. The minimum absolute atomic E-state index is 0.0981. The number of nitrogens with one attached hydrogen (secondary N) is 2. The number of carbonyl (C=O) groups is 2. The smallest absolute Gasteiger partial charge is 0.350 e. The van der Waals surface area contributed by atoms with Gasteiger partial charge in [0.05, 0.1) is 11.1 Å². The highest BCUT2D eigenvalue weighted by molar-refractivity contribution is 7.13. The number of alkyl halides is 3. The molecular formula is C19H15F3N4O2S. The van der Waals surface area contributed by atoms with E-state index in [1.54, 1.807) is 18.3 Å². The first-order chi connectivity index (χ1) is 13.8. The Morgan fingerprint density at radius 2 is 1.79 bits per heavy atom. The third-order valence-electron chi connectivity index (χ3n) is 3.79. The van der Waals surface area contributed by atoms with Crippen molar-refractivity contribution in [1.29, 1.82) is 0 Å². The van der Waals surface area contributed by atoms with Crippen LogP contribution in [0, 0.1) is 0 Å². The van der Waals surface area contributed by atoms with Crippen molar-refractivity contribution in [2.75, 3.05) is 13.1 Å². The summed E-state index contributed by atoms with van der Waals surface area (Å²) in [7, 11) is 0. The Hall–Kier alpha value is -3.27. The SMILES string of the molecule is O=C(NCCNC(=O)c1csc(-c2cccc(C(F)(F)F)c2)n1)c1cccnc1. The van der Waals surface area contributed by atoms with E-state index in [0.29, 0.717) is 10.6 Å². The molecular weight excluding hydrogens is 405 g/mol. The van der Waals surface area contributed by atoms with E-state index in [1.165, 1.54) is 23.7 Å². The molecule has 0 saturated heterocycles. The predicted molar refractivity (Wildman–Crippen MR) is 101 cm³/mol. The fraction of sp³-hybridized carbons (Fsp3) is 0.158. The number of benzene rings is 1. The fourth-order valence-electron chi connectivity index (χ4n) is 2.38. The topological polar surface area (TPSA) is 84.0 Å². The summed E-state index contributed by atoms with van der Waals surface area (Å²) >= 11 is 1.08. The van der Waals surface area contributed by atoms with Gasteiger partial charge in [0.15, 0.2) is 0 Å². The van der Waals surface area contributed by atoms with Gasteiger partial charge < -0.3 is 10.6 Å². The van der Waals surface area contributed by atoms with Gasteiger partial charge >= 0.3 is 6.18 Å². The lowest BCUT2D eigenvalue weighted by molar-refractivity contribution is -0.137. The molecule has 0 aliphatic heterocycles. The van der Waals surface area contributed by atoms with E-state index >= 15 is 0 Å². The Balaban J connectivity index is 1.54. The van der Waals surface area contributed by atoms with Crippen molar-refractivity contribution < 1.29 is 22.8 Å². The van der Waals surface area contributed by atoms with Gasteiger partial charge in [0.25, 0.3) is 11.8 Å². The summed E-state index contributed by atoms with van der Waals surface area (Å²) in [5.74, 6) is -0.789. The van der Waals surface area contributed by atoms with Crippen LogP contribution in [-0.2, 0) is 6.18 Å². The second kappa shape index (κ2) is 8.82. The number of hydrogen-bond donors (Lipinski definition) is 2. The van der Waals surface area contributed by atoms with Gasteiger partial charge in [-0.1, -0.05) is 12.1 Å². The van der Waals surface area contributed by atoms with Crippen LogP contribution in [0.3, 0.4) is 0 Å². The quantitative estimate of drug-likeness (QED) is 0.599.